The summed E-state index contributed by atoms with van der Waals surface area (Å²) in [6, 6.07) is 12.5. The number of benzene rings is 2. The number of nitrogens with one attached hydrogen (secondary N) is 1. The lowest BCUT2D eigenvalue weighted by Gasteiger charge is -2.16. The second-order valence-electron chi connectivity index (χ2n) is 5.05. The van der Waals surface area contributed by atoms with Gasteiger partial charge in [0.25, 0.3) is 0 Å². The first kappa shape index (κ1) is 17.6. The van der Waals surface area contributed by atoms with Crippen LogP contribution in [0.1, 0.15) is 10.4 Å². The Morgan fingerprint density at radius 2 is 1.84 bits per heavy atom. The highest BCUT2D eigenvalue weighted by Gasteiger charge is 2.34. The van der Waals surface area contributed by atoms with Crippen LogP contribution in [0, 0.1) is 0 Å². The van der Waals surface area contributed by atoms with Crippen molar-refractivity contribution in [2.75, 3.05) is 5.32 Å². The largest absolute Gasteiger partial charge is 0.457 e. The third kappa shape index (κ3) is 4.64. The maximum absolute atomic E-state index is 13.4. The predicted octanol–water partition coefficient (Wildman–Crippen LogP) is 6.22. The number of hydrogen-bond donors (Lipinski definition) is 1. The zero-order valence-electron chi connectivity index (χ0n) is 12.7. The Labute approximate surface area is 151 Å². The molecule has 0 fully saturated rings. The minimum absolute atomic E-state index is 0.0302. The van der Waals surface area contributed by atoms with E-state index in [-0.39, 0.29) is 18.0 Å². The Morgan fingerprint density at radius 3 is 2.48 bits per heavy atom. The molecule has 25 heavy (non-hydrogen) atoms. The van der Waals surface area contributed by atoms with E-state index in [1.807, 2.05) is 0 Å². The molecule has 0 radical (unpaired) electrons. The summed E-state index contributed by atoms with van der Waals surface area (Å²) in [4.78, 5) is 4.60. The zero-order chi connectivity index (χ0) is 17.9. The van der Waals surface area contributed by atoms with E-state index in [0.717, 1.165) is 10.9 Å². The monoisotopic (exact) mass is 384 g/mol. The van der Waals surface area contributed by atoms with E-state index in [0.29, 0.717) is 10.2 Å². The predicted molar refractivity (Wildman–Crippen MR) is 92.4 cm³/mol. The molecule has 1 N–H and O–H groups in total. The average molecular weight is 385 g/mol. The molecule has 0 amide bonds. The number of thiazole rings is 1. The van der Waals surface area contributed by atoms with Crippen molar-refractivity contribution in [1.29, 1.82) is 0 Å². The van der Waals surface area contributed by atoms with Crippen LogP contribution < -0.4 is 10.1 Å². The van der Waals surface area contributed by atoms with Gasteiger partial charge < -0.3 is 10.1 Å². The van der Waals surface area contributed by atoms with Crippen molar-refractivity contribution in [3.63, 3.8) is 0 Å². The van der Waals surface area contributed by atoms with E-state index in [9.17, 15) is 13.2 Å². The van der Waals surface area contributed by atoms with Gasteiger partial charge in [-0.15, -0.1) is 11.3 Å². The van der Waals surface area contributed by atoms with Crippen LogP contribution in [0.3, 0.4) is 0 Å². The van der Waals surface area contributed by atoms with Crippen LogP contribution in [0.5, 0.6) is 11.5 Å². The fourth-order valence-corrected chi connectivity index (χ4v) is 3.07. The Bertz CT molecular complexity index is 853. The van der Waals surface area contributed by atoms with Gasteiger partial charge >= 0.3 is 6.18 Å². The van der Waals surface area contributed by atoms with E-state index in [4.69, 9.17) is 16.3 Å². The molecule has 0 unspecified atom stereocenters. The quantitative estimate of drug-likeness (QED) is 0.567. The summed E-state index contributed by atoms with van der Waals surface area (Å²) in [5.74, 6) is 0.584. The topological polar surface area (TPSA) is 34.1 Å². The first-order valence-electron chi connectivity index (χ1n) is 7.20. The molecule has 1 heterocycles. The lowest BCUT2D eigenvalue weighted by Crippen LogP contribution is -2.10. The summed E-state index contributed by atoms with van der Waals surface area (Å²) in [5.41, 5.74) is -0.825. The molecular weight excluding hydrogens is 373 g/mol. The van der Waals surface area contributed by atoms with Gasteiger partial charge in [-0.2, -0.15) is 13.2 Å². The summed E-state index contributed by atoms with van der Waals surface area (Å²) in [6.07, 6.45) is -2.98. The number of aromatic nitrogens is 1. The molecule has 8 heteroatoms. The minimum atomic E-state index is -4.51. The van der Waals surface area contributed by atoms with Crippen molar-refractivity contribution in [3.05, 3.63) is 69.6 Å². The molecule has 3 aromatic rings. The SMILES string of the molecule is FC(F)(F)c1cc(Oc2ccccc2)ccc1NCc1cnc(Cl)s1. The molecule has 0 saturated heterocycles. The number of para-hydroxylation sites is 1. The molecule has 130 valence electrons. The van der Waals surface area contributed by atoms with E-state index in [1.165, 1.54) is 29.7 Å². The third-order valence-corrected chi connectivity index (χ3v) is 4.37. The highest BCUT2D eigenvalue weighted by atomic mass is 35.5. The van der Waals surface area contributed by atoms with Crippen molar-refractivity contribution in [2.45, 2.75) is 12.7 Å². The fourth-order valence-electron chi connectivity index (χ4n) is 2.15. The smallest absolute Gasteiger partial charge is 0.418 e. The number of hydrogen-bond acceptors (Lipinski definition) is 4. The molecule has 2 aromatic carbocycles. The van der Waals surface area contributed by atoms with Crippen molar-refractivity contribution in [2.24, 2.45) is 0 Å². The standard InChI is InChI=1S/C17H12ClF3N2OS/c18-16-23-10-13(25-16)9-22-15-7-6-12(8-14(15)17(19,20)21)24-11-4-2-1-3-5-11/h1-8,10,22H,9H2. The lowest BCUT2D eigenvalue weighted by atomic mass is 10.1. The Morgan fingerprint density at radius 1 is 1.08 bits per heavy atom. The zero-order valence-corrected chi connectivity index (χ0v) is 14.3. The summed E-state index contributed by atoms with van der Waals surface area (Å²) in [6.45, 7) is 0.201. The van der Waals surface area contributed by atoms with E-state index in [2.05, 4.69) is 10.3 Å². The minimum Gasteiger partial charge on any atom is -0.457 e. The summed E-state index contributed by atoms with van der Waals surface area (Å²) < 4.78 is 45.9. The van der Waals surface area contributed by atoms with Gasteiger partial charge in [0.15, 0.2) is 4.47 Å². The fraction of sp³-hybridized carbons (Fsp3) is 0.118. The summed E-state index contributed by atoms with van der Waals surface area (Å²) in [5, 5.41) is 2.78. The molecule has 0 atom stereocenters. The Kier molecular flexibility index (Phi) is 5.15. The molecule has 0 spiro atoms. The normalized spacial score (nSPS) is 11.4. The van der Waals surface area contributed by atoms with Crippen LogP contribution >= 0.6 is 22.9 Å². The van der Waals surface area contributed by atoms with Gasteiger partial charge in [-0.05, 0) is 30.3 Å². The highest BCUT2D eigenvalue weighted by Crippen LogP contribution is 2.38. The Balaban J connectivity index is 1.82. The van der Waals surface area contributed by atoms with Gasteiger partial charge in [-0.3, -0.25) is 0 Å². The van der Waals surface area contributed by atoms with Crippen molar-refractivity contribution in [1.82, 2.24) is 4.98 Å². The van der Waals surface area contributed by atoms with E-state index in [1.54, 1.807) is 30.3 Å². The van der Waals surface area contributed by atoms with Gasteiger partial charge in [-0.1, -0.05) is 29.8 Å². The van der Waals surface area contributed by atoms with Crippen molar-refractivity contribution < 1.29 is 17.9 Å². The van der Waals surface area contributed by atoms with Crippen LogP contribution in [0.2, 0.25) is 4.47 Å². The average Bonchev–Trinajstić information content (AvgIpc) is 2.99. The van der Waals surface area contributed by atoms with E-state index < -0.39 is 11.7 Å². The van der Waals surface area contributed by atoms with Crippen LogP contribution in [0.15, 0.2) is 54.7 Å². The van der Waals surface area contributed by atoms with Crippen molar-refractivity contribution >= 4 is 28.6 Å². The molecule has 3 rings (SSSR count). The molecule has 3 nitrogen and oxygen atoms in total. The van der Waals surface area contributed by atoms with Crippen LogP contribution in [0.4, 0.5) is 18.9 Å². The molecule has 0 aliphatic heterocycles. The third-order valence-electron chi connectivity index (χ3n) is 3.25. The lowest BCUT2D eigenvalue weighted by molar-refractivity contribution is -0.137. The molecule has 1 aromatic heterocycles. The number of rotatable bonds is 5. The van der Waals surface area contributed by atoms with Gasteiger partial charge in [0.1, 0.15) is 11.5 Å². The van der Waals surface area contributed by atoms with Gasteiger partial charge in [0.05, 0.1) is 12.1 Å². The second kappa shape index (κ2) is 7.33. The first-order chi connectivity index (χ1) is 11.9. The van der Waals surface area contributed by atoms with Crippen molar-refractivity contribution in [3.8, 4) is 11.5 Å². The maximum Gasteiger partial charge on any atom is 0.418 e. The van der Waals surface area contributed by atoms with Gasteiger partial charge in [-0.25, -0.2) is 4.98 Å². The first-order valence-corrected chi connectivity index (χ1v) is 8.39. The molecule has 0 aliphatic carbocycles. The van der Waals surface area contributed by atoms with Crippen LogP contribution in [0.25, 0.3) is 0 Å². The summed E-state index contributed by atoms with van der Waals surface area (Å²) in [7, 11) is 0. The summed E-state index contributed by atoms with van der Waals surface area (Å²) >= 11 is 6.94. The molecular formula is C17H12ClF3N2OS. The number of nitrogens with zero attached hydrogens (tertiary/aromatic N) is 1. The second-order valence-corrected chi connectivity index (χ2v) is 6.75. The van der Waals surface area contributed by atoms with E-state index >= 15 is 0 Å². The highest BCUT2D eigenvalue weighted by molar-refractivity contribution is 7.15. The number of halogens is 4. The molecule has 0 aliphatic rings. The number of ether oxygens (including phenoxy) is 1. The Hall–Kier alpha value is -2.25. The maximum atomic E-state index is 13.4. The number of anilines is 1. The van der Waals surface area contributed by atoms with Gasteiger partial charge in [0, 0.05) is 16.8 Å². The van der Waals surface area contributed by atoms with Crippen LogP contribution in [-0.4, -0.2) is 4.98 Å². The number of alkyl halides is 3. The van der Waals surface area contributed by atoms with Gasteiger partial charge in [0.2, 0.25) is 0 Å². The van der Waals surface area contributed by atoms with Crippen LogP contribution in [-0.2, 0) is 12.7 Å². The molecule has 0 saturated carbocycles. The molecule has 0 bridgehead atoms.